The zero-order valence-corrected chi connectivity index (χ0v) is 11.2. The van der Waals surface area contributed by atoms with Gasteiger partial charge >= 0.3 is 0 Å². The molecule has 0 spiro atoms. The molecule has 0 radical (unpaired) electrons. The average Bonchev–Trinajstić information content (AvgIpc) is 2.66. The van der Waals surface area contributed by atoms with Crippen molar-refractivity contribution in [3.63, 3.8) is 0 Å². The second-order valence-corrected chi connectivity index (χ2v) is 5.71. The van der Waals surface area contributed by atoms with Gasteiger partial charge in [0, 0.05) is 10.7 Å². The third kappa shape index (κ3) is 2.81. The van der Waals surface area contributed by atoms with Crippen molar-refractivity contribution in [3.8, 4) is 0 Å². The van der Waals surface area contributed by atoms with Gasteiger partial charge in [-0.2, -0.15) is 0 Å². The first-order valence-electron chi connectivity index (χ1n) is 5.14. The molecule has 88 valence electrons. The Kier molecular flexibility index (Phi) is 3.94. The lowest BCUT2D eigenvalue weighted by molar-refractivity contribution is 0.294. The summed E-state index contributed by atoms with van der Waals surface area (Å²) in [4.78, 5) is 6.31. The van der Waals surface area contributed by atoms with Gasteiger partial charge < -0.3 is 0 Å². The van der Waals surface area contributed by atoms with E-state index in [1.165, 1.54) is 0 Å². The molecule has 6 heteroatoms. The van der Waals surface area contributed by atoms with Crippen LogP contribution in [0.5, 0.6) is 0 Å². The largest absolute Gasteiger partial charge is 0.281 e. The van der Waals surface area contributed by atoms with E-state index in [1.807, 2.05) is 17.0 Å². The van der Waals surface area contributed by atoms with E-state index < -0.39 is 10.7 Å². The predicted molar refractivity (Wildman–Crippen MR) is 65.8 cm³/mol. The second-order valence-electron chi connectivity index (χ2n) is 3.85. The number of rotatable bonds is 3. The maximum absolute atomic E-state index is 10.8. The van der Waals surface area contributed by atoms with E-state index >= 15 is 0 Å². The van der Waals surface area contributed by atoms with E-state index in [0.717, 1.165) is 29.6 Å². The Morgan fingerprint density at radius 2 is 2.31 bits per heavy atom. The molecule has 0 aliphatic carbocycles. The van der Waals surface area contributed by atoms with Crippen molar-refractivity contribution in [3.05, 3.63) is 28.5 Å². The molecule has 1 saturated heterocycles. The lowest BCUT2D eigenvalue weighted by atomic mass is 10.1. The number of hydrogen-bond acceptors (Lipinski definition) is 4. The highest BCUT2D eigenvalue weighted by Gasteiger charge is 2.27. The smallest absolute Gasteiger partial charge is 0.153 e. The van der Waals surface area contributed by atoms with Crippen LogP contribution in [0.1, 0.15) is 24.6 Å². The topological polar surface area (TPSA) is 50.3 Å². The van der Waals surface area contributed by atoms with Crippen LogP contribution >= 0.6 is 15.9 Å². The second kappa shape index (κ2) is 5.25. The Morgan fingerprint density at radius 1 is 1.50 bits per heavy atom. The van der Waals surface area contributed by atoms with E-state index in [1.54, 1.807) is 6.20 Å². The summed E-state index contributed by atoms with van der Waals surface area (Å²) in [5.41, 5.74) is 0.956. The van der Waals surface area contributed by atoms with Crippen molar-refractivity contribution in [2.45, 2.75) is 18.9 Å². The first-order chi connectivity index (χ1) is 7.66. The molecule has 1 aliphatic heterocycles. The third-order valence-corrected chi connectivity index (χ3v) is 3.82. The summed E-state index contributed by atoms with van der Waals surface area (Å²) in [6, 6.07) is 4.04. The van der Waals surface area contributed by atoms with Crippen LogP contribution in [0.3, 0.4) is 0 Å². The number of pyridine rings is 1. The standard InChI is InChI=1S/C10H13BrN2O2S/c11-8-3-4-9(12-6-8)10-2-1-5-13(10)7-16(14)15/h3-4,6,10,16H,1-2,5,7H2. The van der Waals surface area contributed by atoms with Gasteiger partial charge in [-0.15, -0.1) is 0 Å². The fraction of sp³-hybridized carbons (Fsp3) is 0.500. The van der Waals surface area contributed by atoms with Crippen molar-refractivity contribution in [1.29, 1.82) is 0 Å². The fourth-order valence-corrected chi connectivity index (χ4v) is 2.93. The quantitative estimate of drug-likeness (QED) is 0.861. The van der Waals surface area contributed by atoms with Crippen LogP contribution in [-0.2, 0) is 10.7 Å². The third-order valence-electron chi connectivity index (χ3n) is 2.75. The number of halogens is 1. The van der Waals surface area contributed by atoms with Gasteiger partial charge in [-0.3, -0.25) is 9.88 Å². The maximum atomic E-state index is 10.8. The summed E-state index contributed by atoms with van der Waals surface area (Å²) in [5, 5.41) is 0. The van der Waals surface area contributed by atoms with Gasteiger partial charge in [0.1, 0.15) is 0 Å². The zero-order valence-electron chi connectivity index (χ0n) is 8.67. The molecule has 0 bridgehead atoms. The predicted octanol–water partition coefficient (Wildman–Crippen LogP) is 1.55. The van der Waals surface area contributed by atoms with E-state index in [0.29, 0.717) is 0 Å². The van der Waals surface area contributed by atoms with Crippen LogP contribution in [0, 0.1) is 0 Å². The van der Waals surface area contributed by atoms with Crippen LogP contribution in [0.25, 0.3) is 0 Å². The van der Waals surface area contributed by atoms with Gasteiger partial charge in [0.25, 0.3) is 0 Å². The number of thiol groups is 1. The van der Waals surface area contributed by atoms with Gasteiger partial charge in [-0.25, -0.2) is 8.42 Å². The molecule has 1 atom stereocenters. The zero-order chi connectivity index (χ0) is 11.5. The Labute approximate surface area is 105 Å². The van der Waals surface area contributed by atoms with Gasteiger partial charge in [-0.1, -0.05) is 0 Å². The molecule has 0 amide bonds. The highest BCUT2D eigenvalue weighted by Crippen LogP contribution is 2.30. The normalized spacial score (nSPS) is 21.8. The van der Waals surface area contributed by atoms with Gasteiger partial charge in [0.15, 0.2) is 10.7 Å². The Hall–Kier alpha value is -0.460. The molecule has 1 aromatic rings. The molecular weight excluding hydrogens is 292 g/mol. The summed E-state index contributed by atoms with van der Waals surface area (Å²) in [6.07, 6.45) is 3.77. The highest BCUT2D eigenvalue weighted by molar-refractivity contribution is 9.10. The fourth-order valence-electron chi connectivity index (χ4n) is 2.06. The molecule has 0 saturated carbocycles. The Bertz CT molecular complexity index is 425. The summed E-state index contributed by atoms with van der Waals surface area (Å²) in [6.45, 7) is 0.839. The Morgan fingerprint density at radius 3 is 2.94 bits per heavy atom. The minimum Gasteiger partial charge on any atom is -0.281 e. The van der Waals surface area contributed by atoms with Gasteiger partial charge in [0.05, 0.1) is 17.6 Å². The highest BCUT2D eigenvalue weighted by atomic mass is 79.9. The minimum absolute atomic E-state index is 0.137. The number of likely N-dealkylation sites (tertiary alicyclic amines) is 1. The summed E-state index contributed by atoms with van der Waals surface area (Å²) < 4.78 is 22.4. The first kappa shape index (κ1) is 12.0. The molecule has 0 aromatic carbocycles. The van der Waals surface area contributed by atoms with Crippen LogP contribution < -0.4 is 0 Å². The van der Waals surface area contributed by atoms with Crippen molar-refractivity contribution >= 4 is 26.6 Å². The van der Waals surface area contributed by atoms with Crippen molar-refractivity contribution in [2.24, 2.45) is 0 Å². The summed E-state index contributed by atoms with van der Waals surface area (Å²) in [7, 11) is -2.35. The van der Waals surface area contributed by atoms with Crippen molar-refractivity contribution < 1.29 is 8.42 Å². The SMILES string of the molecule is O=[SH](=O)CN1CCCC1c1ccc(Br)cn1. The average molecular weight is 305 g/mol. The lowest BCUT2D eigenvalue weighted by Gasteiger charge is -2.21. The minimum atomic E-state index is -2.35. The van der Waals surface area contributed by atoms with E-state index in [2.05, 4.69) is 20.9 Å². The Balaban J connectivity index is 2.16. The molecule has 4 nitrogen and oxygen atoms in total. The van der Waals surface area contributed by atoms with Crippen molar-refractivity contribution in [2.75, 3.05) is 12.4 Å². The molecule has 1 fully saturated rings. The van der Waals surface area contributed by atoms with Gasteiger partial charge in [0.2, 0.25) is 0 Å². The van der Waals surface area contributed by atoms with Crippen LogP contribution in [-0.4, -0.2) is 30.7 Å². The maximum Gasteiger partial charge on any atom is 0.153 e. The molecule has 2 heterocycles. The molecule has 1 aliphatic rings. The van der Waals surface area contributed by atoms with Crippen LogP contribution in [0.2, 0.25) is 0 Å². The number of aromatic nitrogens is 1. The molecular formula is C10H13BrN2O2S. The molecule has 1 unspecified atom stereocenters. The lowest BCUT2D eigenvalue weighted by Crippen LogP contribution is -2.25. The van der Waals surface area contributed by atoms with E-state index in [9.17, 15) is 8.42 Å². The molecule has 0 N–H and O–H groups in total. The monoisotopic (exact) mass is 304 g/mol. The molecule has 1 aromatic heterocycles. The first-order valence-corrected chi connectivity index (χ1v) is 7.29. The van der Waals surface area contributed by atoms with E-state index in [4.69, 9.17) is 0 Å². The number of hydrogen-bond donors (Lipinski definition) is 1. The molecule has 2 rings (SSSR count). The van der Waals surface area contributed by atoms with Crippen molar-refractivity contribution in [1.82, 2.24) is 9.88 Å². The summed E-state index contributed by atoms with van der Waals surface area (Å²) >= 11 is 3.34. The van der Waals surface area contributed by atoms with E-state index in [-0.39, 0.29) is 11.9 Å². The molecule has 16 heavy (non-hydrogen) atoms. The van der Waals surface area contributed by atoms with Gasteiger partial charge in [-0.05, 0) is 47.4 Å². The number of nitrogens with zero attached hydrogens (tertiary/aromatic N) is 2. The summed E-state index contributed by atoms with van der Waals surface area (Å²) in [5.74, 6) is 0.137. The van der Waals surface area contributed by atoms with Crippen LogP contribution in [0.4, 0.5) is 0 Å². The van der Waals surface area contributed by atoms with Crippen LogP contribution in [0.15, 0.2) is 22.8 Å².